The van der Waals surface area contributed by atoms with Gasteiger partial charge in [-0.3, -0.25) is 9.89 Å². The maximum Gasteiger partial charge on any atom is 0.225 e. The average molecular weight is 453 g/mol. The first-order valence-corrected chi connectivity index (χ1v) is 11.5. The molecule has 4 aromatic rings. The minimum atomic E-state index is -0.0153. The summed E-state index contributed by atoms with van der Waals surface area (Å²) < 4.78 is 12.3. The summed E-state index contributed by atoms with van der Waals surface area (Å²) in [6, 6.07) is 18.2. The molecule has 0 bridgehead atoms. The second-order valence-electron chi connectivity index (χ2n) is 8.84. The first-order chi connectivity index (χ1) is 16.6. The molecular weight excluding hydrogens is 428 g/mol. The summed E-state index contributed by atoms with van der Waals surface area (Å²) in [4.78, 5) is 16.0. The van der Waals surface area contributed by atoms with Crippen LogP contribution in [-0.4, -0.2) is 27.7 Å². The summed E-state index contributed by atoms with van der Waals surface area (Å²) in [6.07, 6.45) is 3.53. The number of carbonyl (C=O) groups is 1. The van der Waals surface area contributed by atoms with E-state index in [1.54, 1.807) is 6.20 Å². The van der Waals surface area contributed by atoms with Gasteiger partial charge in [-0.1, -0.05) is 29.8 Å². The predicted molar refractivity (Wildman–Crippen MR) is 128 cm³/mol. The van der Waals surface area contributed by atoms with Crippen molar-refractivity contribution >= 4 is 11.7 Å². The van der Waals surface area contributed by atoms with Gasteiger partial charge in [0.05, 0.1) is 12.3 Å². The van der Waals surface area contributed by atoms with E-state index in [0.717, 1.165) is 51.7 Å². The lowest BCUT2D eigenvalue weighted by molar-refractivity contribution is -0.116. The van der Waals surface area contributed by atoms with E-state index in [-0.39, 0.29) is 11.8 Å². The first-order valence-electron chi connectivity index (χ1n) is 11.5. The molecule has 0 aliphatic carbocycles. The highest BCUT2D eigenvalue weighted by Crippen LogP contribution is 2.38. The number of amides is 1. The van der Waals surface area contributed by atoms with Gasteiger partial charge in [0.25, 0.3) is 0 Å². The number of hydrogen-bond acceptors (Lipinski definition) is 5. The molecule has 2 N–H and O–H groups in total. The monoisotopic (exact) mass is 452 g/mol. The Bertz CT molecular complexity index is 1380. The molecule has 2 aliphatic heterocycles. The molecule has 1 unspecified atom stereocenters. The number of aromatic nitrogens is 3. The van der Waals surface area contributed by atoms with Crippen LogP contribution in [-0.2, 0) is 17.6 Å². The van der Waals surface area contributed by atoms with E-state index >= 15 is 0 Å². The number of ether oxygens (including phenoxy) is 2. The van der Waals surface area contributed by atoms with Gasteiger partial charge in [0, 0.05) is 35.4 Å². The second kappa shape index (κ2) is 8.33. The molecule has 170 valence electrons. The van der Waals surface area contributed by atoms with Crippen LogP contribution in [0, 0.1) is 6.92 Å². The molecular formula is C27H24N4O3. The van der Waals surface area contributed by atoms with Crippen LogP contribution in [0.2, 0.25) is 0 Å². The summed E-state index contributed by atoms with van der Waals surface area (Å²) in [5.74, 6) is 3.08. The van der Waals surface area contributed by atoms with Gasteiger partial charge >= 0.3 is 0 Å². The normalized spacial score (nSPS) is 16.7. The quantitative estimate of drug-likeness (QED) is 0.446. The van der Waals surface area contributed by atoms with Crippen LogP contribution in [0.1, 0.15) is 34.7 Å². The number of pyridine rings is 1. The maximum absolute atomic E-state index is 11.7. The number of benzene rings is 2. The van der Waals surface area contributed by atoms with Crippen molar-refractivity contribution in [2.75, 3.05) is 11.9 Å². The molecule has 2 aromatic heterocycles. The summed E-state index contributed by atoms with van der Waals surface area (Å²) in [6.45, 7) is 2.68. The Labute approximate surface area is 197 Å². The van der Waals surface area contributed by atoms with Crippen molar-refractivity contribution < 1.29 is 14.3 Å². The number of nitrogens with zero attached hydrogens (tertiary/aromatic N) is 2. The van der Waals surface area contributed by atoms with E-state index in [0.29, 0.717) is 25.3 Å². The smallest absolute Gasteiger partial charge is 0.225 e. The molecule has 7 nitrogen and oxygen atoms in total. The fraction of sp³-hybridized carbons (Fsp3) is 0.222. The number of H-pyrrole nitrogens is 1. The minimum Gasteiger partial charge on any atom is -0.493 e. The fourth-order valence-electron chi connectivity index (χ4n) is 4.53. The van der Waals surface area contributed by atoms with Gasteiger partial charge in [-0.25, -0.2) is 4.98 Å². The van der Waals surface area contributed by atoms with Crippen LogP contribution in [0.25, 0.3) is 11.3 Å². The lowest BCUT2D eigenvalue weighted by Gasteiger charge is -2.25. The number of carbonyl (C=O) groups excluding carboxylic acids is 1. The summed E-state index contributed by atoms with van der Waals surface area (Å²) >= 11 is 0. The SMILES string of the molecule is Cc1ccc(-c2cc(C3COc4ccc(Oc5ccnc6c5CCC(=O)N6)cc4C3)[nH]n2)cc1. The van der Waals surface area contributed by atoms with Gasteiger partial charge in [-0.05, 0) is 55.7 Å². The number of rotatable bonds is 4. The molecule has 7 heteroatoms. The molecule has 0 fully saturated rings. The van der Waals surface area contributed by atoms with E-state index in [4.69, 9.17) is 9.47 Å². The summed E-state index contributed by atoms with van der Waals surface area (Å²) in [5, 5.41) is 10.6. The van der Waals surface area contributed by atoms with E-state index in [2.05, 4.69) is 57.8 Å². The van der Waals surface area contributed by atoms with E-state index in [1.807, 2.05) is 24.3 Å². The molecule has 1 atom stereocenters. The maximum atomic E-state index is 11.7. The molecule has 0 saturated carbocycles. The number of anilines is 1. The highest BCUT2D eigenvalue weighted by atomic mass is 16.5. The molecule has 0 radical (unpaired) electrons. The van der Waals surface area contributed by atoms with Crippen LogP contribution in [0.15, 0.2) is 60.8 Å². The van der Waals surface area contributed by atoms with Gasteiger partial charge in [-0.15, -0.1) is 0 Å². The third kappa shape index (κ3) is 3.90. The van der Waals surface area contributed by atoms with Crippen molar-refractivity contribution in [3.63, 3.8) is 0 Å². The lowest BCUT2D eigenvalue weighted by atomic mass is 9.93. The molecule has 4 heterocycles. The second-order valence-corrected chi connectivity index (χ2v) is 8.84. The van der Waals surface area contributed by atoms with Crippen LogP contribution in [0.5, 0.6) is 17.2 Å². The number of hydrogen-bond donors (Lipinski definition) is 2. The highest BCUT2D eigenvalue weighted by Gasteiger charge is 2.25. The Morgan fingerprint density at radius 2 is 1.94 bits per heavy atom. The Balaban J connectivity index is 1.22. The zero-order valence-electron chi connectivity index (χ0n) is 18.8. The van der Waals surface area contributed by atoms with Gasteiger partial charge in [0.15, 0.2) is 0 Å². The Kier molecular flexibility index (Phi) is 5.02. The van der Waals surface area contributed by atoms with Gasteiger partial charge < -0.3 is 14.8 Å². The standard InChI is InChI=1S/C27H24N4O3/c1-16-2-4-17(5-3-16)22-14-23(31-30-22)19-12-18-13-20(6-8-24(18)33-15-19)34-25-10-11-28-27-21(25)7-9-26(32)29-27/h2-6,8,10-11,13-14,19H,7,9,12,15H2,1H3,(H,30,31)(H,28,29,32). The zero-order valence-corrected chi connectivity index (χ0v) is 18.8. The van der Waals surface area contributed by atoms with Crippen LogP contribution < -0.4 is 14.8 Å². The number of nitrogens with one attached hydrogen (secondary N) is 2. The van der Waals surface area contributed by atoms with E-state index in [1.165, 1.54) is 5.56 Å². The third-order valence-electron chi connectivity index (χ3n) is 6.42. The molecule has 2 aromatic carbocycles. The van der Waals surface area contributed by atoms with Gasteiger partial charge in [0.1, 0.15) is 23.1 Å². The highest BCUT2D eigenvalue weighted by molar-refractivity contribution is 5.93. The molecule has 1 amide bonds. The van der Waals surface area contributed by atoms with Crippen molar-refractivity contribution in [2.45, 2.75) is 32.1 Å². The molecule has 2 aliphatic rings. The zero-order chi connectivity index (χ0) is 23.1. The Morgan fingerprint density at radius 1 is 1.06 bits per heavy atom. The molecule has 0 saturated heterocycles. The average Bonchev–Trinajstić information content (AvgIpc) is 3.34. The fourth-order valence-corrected chi connectivity index (χ4v) is 4.53. The topological polar surface area (TPSA) is 89.1 Å². The number of fused-ring (bicyclic) bond motifs is 2. The Morgan fingerprint density at radius 3 is 2.82 bits per heavy atom. The first kappa shape index (κ1) is 20.5. The molecule has 34 heavy (non-hydrogen) atoms. The number of aryl methyl sites for hydroxylation is 1. The van der Waals surface area contributed by atoms with Crippen molar-refractivity contribution in [1.29, 1.82) is 0 Å². The van der Waals surface area contributed by atoms with E-state index in [9.17, 15) is 4.79 Å². The van der Waals surface area contributed by atoms with E-state index < -0.39 is 0 Å². The van der Waals surface area contributed by atoms with Crippen molar-refractivity contribution in [3.8, 4) is 28.5 Å². The van der Waals surface area contributed by atoms with Crippen molar-refractivity contribution in [3.05, 3.63) is 83.2 Å². The van der Waals surface area contributed by atoms with Crippen LogP contribution >= 0.6 is 0 Å². The summed E-state index contributed by atoms with van der Waals surface area (Å²) in [5.41, 5.74) is 6.34. The van der Waals surface area contributed by atoms with Gasteiger partial charge in [-0.2, -0.15) is 5.10 Å². The van der Waals surface area contributed by atoms with Crippen LogP contribution in [0.3, 0.4) is 0 Å². The predicted octanol–water partition coefficient (Wildman–Crippen LogP) is 5.18. The van der Waals surface area contributed by atoms with Crippen molar-refractivity contribution in [1.82, 2.24) is 15.2 Å². The molecule has 6 rings (SSSR count). The Hall–Kier alpha value is -4.13. The third-order valence-corrected chi connectivity index (χ3v) is 6.42. The lowest BCUT2D eigenvalue weighted by Crippen LogP contribution is -2.20. The minimum absolute atomic E-state index is 0.0153. The molecule has 0 spiro atoms. The summed E-state index contributed by atoms with van der Waals surface area (Å²) in [7, 11) is 0. The van der Waals surface area contributed by atoms with Crippen molar-refractivity contribution in [2.24, 2.45) is 0 Å². The van der Waals surface area contributed by atoms with Crippen LogP contribution in [0.4, 0.5) is 5.82 Å². The van der Waals surface area contributed by atoms with Gasteiger partial charge in [0.2, 0.25) is 5.91 Å². The largest absolute Gasteiger partial charge is 0.493 e. The number of aromatic amines is 1.